The molecule has 0 aliphatic carbocycles. The molecule has 2 N–H and O–H groups in total. The summed E-state index contributed by atoms with van der Waals surface area (Å²) in [6, 6.07) is 1.20. The first-order chi connectivity index (χ1) is 10.5. The number of rotatable bonds is 5. The lowest BCUT2D eigenvalue weighted by Crippen LogP contribution is -2.42. The smallest absolute Gasteiger partial charge is 0.339 e. The fourth-order valence-corrected chi connectivity index (χ4v) is 2.48. The summed E-state index contributed by atoms with van der Waals surface area (Å²) in [5.74, 6) is -1.67. The molecule has 1 aliphatic rings. The molecule has 7 nitrogen and oxygen atoms in total. The van der Waals surface area contributed by atoms with Crippen molar-refractivity contribution in [1.29, 1.82) is 0 Å². The number of furan rings is 1. The Morgan fingerprint density at radius 1 is 1.27 bits per heavy atom. The molecule has 0 radical (unpaired) electrons. The number of carboxylic acid groups (broad SMARTS) is 1. The largest absolute Gasteiger partial charge is 0.478 e. The Kier molecular flexibility index (Phi) is 5.19. The summed E-state index contributed by atoms with van der Waals surface area (Å²) in [4.78, 5) is 36.7. The Hall–Kier alpha value is -2.31. The van der Waals surface area contributed by atoms with Crippen molar-refractivity contribution in [3.05, 3.63) is 23.2 Å². The monoisotopic (exact) mass is 308 g/mol. The summed E-state index contributed by atoms with van der Waals surface area (Å²) >= 11 is 0. The van der Waals surface area contributed by atoms with Crippen molar-refractivity contribution in [1.82, 2.24) is 10.2 Å². The van der Waals surface area contributed by atoms with Crippen molar-refractivity contribution in [3.63, 3.8) is 0 Å². The van der Waals surface area contributed by atoms with Gasteiger partial charge in [-0.15, -0.1) is 0 Å². The predicted octanol–water partition coefficient (Wildman–Crippen LogP) is 1.28. The zero-order valence-electron chi connectivity index (χ0n) is 12.6. The van der Waals surface area contributed by atoms with Gasteiger partial charge in [-0.1, -0.05) is 6.92 Å². The summed E-state index contributed by atoms with van der Waals surface area (Å²) in [5.41, 5.74) is -0.0185. The predicted molar refractivity (Wildman–Crippen MR) is 77.8 cm³/mol. The van der Waals surface area contributed by atoms with Crippen LogP contribution in [0, 0.1) is 0 Å². The first-order valence-electron chi connectivity index (χ1n) is 7.45. The standard InChI is InChI=1S/C15H20N2O5/c1-2-11-10(15(20)21)8-12(22-11)14(19)16-9-13(18)17-6-4-3-5-7-17/h8H,2-7,9H2,1H3,(H,16,19)(H,20,21). The lowest BCUT2D eigenvalue weighted by Gasteiger charge is -2.26. The van der Waals surface area contributed by atoms with Gasteiger partial charge in [-0.3, -0.25) is 9.59 Å². The second-order valence-corrected chi connectivity index (χ2v) is 5.23. The number of carboxylic acids is 1. The third-order valence-corrected chi connectivity index (χ3v) is 3.69. The molecule has 1 aromatic heterocycles. The zero-order valence-corrected chi connectivity index (χ0v) is 12.6. The van der Waals surface area contributed by atoms with Gasteiger partial charge in [0.05, 0.1) is 6.54 Å². The van der Waals surface area contributed by atoms with Crippen LogP contribution in [0.5, 0.6) is 0 Å². The number of nitrogens with one attached hydrogen (secondary N) is 1. The second-order valence-electron chi connectivity index (χ2n) is 5.23. The average molecular weight is 308 g/mol. The number of carbonyl (C=O) groups excluding carboxylic acids is 2. The summed E-state index contributed by atoms with van der Waals surface area (Å²) < 4.78 is 5.25. The minimum atomic E-state index is -1.14. The number of amides is 2. The molecule has 0 bridgehead atoms. The van der Waals surface area contributed by atoms with E-state index in [4.69, 9.17) is 9.52 Å². The van der Waals surface area contributed by atoms with Gasteiger partial charge in [0.2, 0.25) is 5.91 Å². The lowest BCUT2D eigenvalue weighted by molar-refractivity contribution is -0.130. The molecule has 1 aromatic rings. The molecule has 7 heteroatoms. The normalized spacial score (nSPS) is 14.7. The third-order valence-electron chi connectivity index (χ3n) is 3.69. The summed E-state index contributed by atoms with van der Waals surface area (Å²) in [6.45, 7) is 3.08. The molecule has 2 heterocycles. The minimum Gasteiger partial charge on any atom is -0.478 e. The molecule has 0 unspecified atom stereocenters. The lowest BCUT2D eigenvalue weighted by atomic mass is 10.1. The van der Waals surface area contributed by atoms with E-state index in [2.05, 4.69) is 5.32 Å². The molecular weight excluding hydrogens is 288 g/mol. The number of hydrogen-bond donors (Lipinski definition) is 2. The molecule has 1 fully saturated rings. The van der Waals surface area contributed by atoms with Crippen LogP contribution >= 0.6 is 0 Å². The Morgan fingerprint density at radius 2 is 1.95 bits per heavy atom. The van der Waals surface area contributed by atoms with Crippen molar-refractivity contribution in [2.24, 2.45) is 0 Å². The molecule has 1 saturated heterocycles. The highest BCUT2D eigenvalue weighted by Crippen LogP contribution is 2.16. The van der Waals surface area contributed by atoms with E-state index in [1.54, 1.807) is 11.8 Å². The highest BCUT2D eigenvalue weighted by atomic mass is 16.4. The van der Waals surface area contributed by atoms with Crippen molar-refractivity contribution in [2.75, 3.05) is 19.6 Å². The fraction of sp³-hybridized carbons (Fsp3) is 0.533. The first kappa shape index (κ1) is 16.1. The summed E-state index contributed by atoms with van der Waals surface area (Å²) in [6.07, 6.45) is 3.47. The Labute approximate surface area is 128 Å². The van der Waals surface area contributed by atoms with Crippen molar-refractivity contribution in [3.8, 4) is 0 Å². The summed E-state index contributed by atoms with van der Waals surface area (Å²) in [7, 11) is 0. The number of aromatic carboxylic acids is 1. The van der Waals surface area contributed by atoms with Crippen LogP contribution in [0.3, 0.4) is 0 Å². The maximum Gasteiger partial charge on any atom is 0.339 e. The van der Waals surface area contributed by atoms with Gasteiger partial charge in [-0.2, -0.15) is 0 Å². The van der Waals surface area contributed by atoms with E-state index < -0.39 is 11.9 Å². The van der Waals surface area contributed by atoms with Gasteiger partial charge in [-0.05, 0) is 19.3 Å². The van der Waals surface area contributed by atoms with Crippen LogP contribution in [0.4, 0.5) is 0 Å². The second kappa shape index (κ2) is 7.11. The molecule has 0 aromatic carbocycles. The molecule has 2 amide bonds. The molecule has 120 valence electrons. The van der Waals surface area contributed by atoms with E-state index in [9.17, 15) is 14.4 Å². The molecular formula is C15H20N2O5. The maximum atomic E-state index is 12.0. The van der Waals surface area contributed by atoms with E-state index in [0.717, 1.165) is 32.4 Å². The van der Waals surface area contributed by atoms with Crippen LogP contribution in [-0.2, 0) is 11.2 Å². The van der Waals surface area contributed by atoms with E-state index in [-0.39, 0.29) is 29.5 Å². The number of aryl methyl sites for hydroxylation is 1. The molecule has 0 spiro atoms. The van der Waals surface area contributed by atoms with Gasteiger partial charge in [-0.25, -0.2) is 4.79 Å². The molecule has 1 aliphatic heterocycles. The van der Waals surface area contributed by atoms with Crippen molar-refractivity contribution < 1.29 is 23.9 Å². The molecule has 0 atom stereocenters. The number of piperidine rings is 1. The van der Waals surface area contributed by atoms with Crippen LogP contribution in [0.2, 0.25) is 0 Å². The van der Waals surface area contributed by atoms with Gasteiger partial charge in [0, 0.05) is 25.6 Å². The molecule has 2 rings (SSSR count). The maximum absolute atomic E-state index is 12.0. The molecule has 0 saturated carbocycles. The summed E-state index contributed by atoms with van der Waals surface area (Å²) in [5, 5.41) is 11.5. The van der Waals surface area contributed by atoms with Crippen LogP contribution < -0.4 is 5.32 Å². The Morgan fingerprint density at radius 3 is 2.50 bits per heavy atom. The highest BCUT2D eigenvalue weighted by molar-refractivity contribution is 5.97. The van der Waals surface area contributed by atoms with Crippen molar-refractivity contribution in [2.45, 2.75) is 32.6 Å². The van der Waals surface area contributed by atoms with E-state index in [1.807, 2.05) is 0 Å². The third kappa shape index (κ3) is 3.66. The van der Waals surface area contributed by atoms with Crippen LogP contribution in [0.15, 0.2) is 10.5 Å². The van der Waals surface area contributed by atoms with Gasteiger partial charge < -0.3 is 19.7 Å². The van der Waals surface area contributed by atoms with Gasteiger partial charge in [0.15, 0.2) is 5.76 Å². The van der Waals surface area contributed by atoms with E-state index in [1.165, 1.54) is 6.07 Å². The van der Waals surface area contributed by atoms with Crippen LogP contribution in [0.25, 0.3) is 0 Å². The van der Waals surface area contributed by atoms with Crippen molar-refractivity contribution >= 4 is 17.8 Å². The quantitative estimate of drug-likeness (QED) is 0.853. The number of likely N-dealkylation sites (tertiary alicyclic amines) is 1. The Bertz CT molecular complexity index is 572. The van der Waals surface area contributed by atoms with Gasteiger partial charge in [0.25, 0.3) is 5.91 Å². The topological polar surface area (TPSA) is 99.9 Å². The number of nitrogens with zero attached hydrogens (tertiary/aromatic N) is 1. The zero-order chi connectivity index (χ0) is 16.1. The average Bonchev–Trinajstić information content (AvgIpc) is 2.97. The fourth-order valence-electron chi connectivity index (χ4n) is 2.48. The van der Waals surface area contributed by atoms with Crippen LogP contribution in [0.1, 0.15) is 52.9 Å². The Balaban J connectivity index is 1.94. The van der Waals surface area contributed by atoms with Crippen LogP contribution in [-0.4, -0.2) is 47.4 Å². The van der Waals surface area contributed by atoms with E-state index in [0.29, 0.717) is 6.42 Å². The first-order valence-corrected chi connectivity index (χ1v) is 7.45. The highest BCUT2D eigenvalue weighted by Gasteiger charge is 2.21. The SMILES string of the molecule is CCc1oc(C(=O)NCC(=O)N2CCCCC2)cc1C(=O)O. The van der Waals surface area contributed by atoms with E-state index >= 15 is 0 Å². The number of hydrogen-bond acceptors (Lipinski definition) is 4. The van der Waals surface area contributed by atoms with Gasteiger partial charge in [0.1, 0.15) is 11.3 Å². The number of carbonyl (C=O) groups is 3. The molecule has 22 heavy (non-hydrogen) atoms. The minimum absolute atomic E-state index is 0.0185. The van der Waals surface area contributed by atoms with Gasteiger partial charge >= 0.3 is 5.97 Å².